The zero-order valence-electron chi connectivity index (χ0n) is 14.3. The predicted octanol–water partition coefficient (Wildman–Crippen LogP) is 5.02. The molecule has 0 radical (unpaired) electrons. The summed E-state index contributed by atoms with van der Waals surface area (Å²) in [6.07, 6.45) is 8.67. The molecule has 0 atom stereocenters. The number of sulfone groups is 1. The minimum atomic E-state index is -2.74. The maximum atomic E-state index is 10.3. The van der Waals surface area contributed by atoms with E-state index in [1.54, 1.807) is 13.8 Å². The molecule has 3 heteroatoms. The third-order valence-corrected chi connectivity index (χ3v) is 5.56. The lowest BCUT2D eigenvalue weighted by molar-refractivity contribution is 0.531. The number of aryl methyl sites for hydroxylation is 1. The normalized spacial score (nSPS) is 15.0. The molecule has 0 heterocycles. The minimum absolute atomic E-state index is 0.229. The molecule has 21 heavy (non-hydrogen) atoms. The SMILES string of the molecule is CC(C)S(C)(=O)=O.CCC1CCCC1.Cc1ccccc1. The van der Waals surface area contributed by atoms with Gasteiger partial charge in [-0.25, -0.2) is 8.42 Å². The van der Waals surface area contributed by atoms with E-state index in [9.17, 15) is 8.42 Å². The van der Waals surface area contributed by atoms with Crippen molar-refractivity contribution in [1.82, 2.24) is 0 Å². The molecule has 0 amide bonds. The molecule has 0 aromatic heterocycles. The number of hydrogen-bond donors (Lipinski definition) is 0. The lowest BCUT2D eigenvalue weighted by Crippen LogP contribution is -2.10. The van der Waals surface area contributed by atoms with Crippen LogP contribution in [-0.4, -0.2) is 19.9 Å². The average Bonchev–Trinajstić information content (AvgIpc) is 2.93. The van der Waals surface area contributed by atoms with Crippen molar-refractivity contribution >= 4 is 9.84 Å². The van der Waals surface area contributed by atoms with Crippen LogP contribution < -0.4 is 0 Å². The Kier molecular flexibility index (Phi) is 10.4. The van der Waals surface area contributed by atoms with E-state index in [0.717, 1.165) is 5.92 Å². The van der Waals surface area contributed by atoms with Gasteiger partial charge in [-0.05, 0) is 26.7 Å². The van der Waals surface area contributed by atoms with Crippen LogP contribution in [0.3, 0.4) is 0 Å². The van der Waals surface area contributed by atoms with Gasteiger partial charge in [-0.3, -0.25) is 0 Å². The van der Waals surface area contributed by atoms with Gasteiger partial charge >= 0.3 is 0 Å². The van der Waals surface area contributed by atoms with E-state index in [2.05, 4.69) is 26.0 Å². The van der Waals surface area contributed by atoms with Crippen LogP contribution in [0.5, 0.6) is 0 Å². The molecule has 0 aliphatic heterocycles. The summed E-state index contributed by atoms with van der Waals surface area (Å²) in [5, 5.41) is -0.229. The van der Waals surface area contributed by atoms with E-state index >= 15 is 0 Å². The standard InChI is InChI=1S/C7H8.C7H14.C4H10O2S/c1-7-5-3-2-4-6-7;1-2-7-5-3-4-6-7;1-4(2)7(3,5)6/h2-6H,1H3;7H,2-6H2,1H3;4H,1-3H3. The minimum Gasteiger partial charge on any atom is -0.229 e. The van der Waals surface area contributed by atoms with Gasteiger partial charge < -0.3 is 0 Å². The monoisotopic (exact) mass is 312 g/mol. The molecule has 1 fully saturated rings. The molecule has 2 rings (SSSR count). The predicted molar refractivity (Wildman–Crippen MR) is 93.4 cm³/mol. The Morgan fingerprint density at radius 3 is 1.71 bits per heavy atom. The van der Waals surface area contributed by atoms with Gasteiger partial charge in [-0.1, -0.05) is 74.9 Å². The quantitative estimate of drug-likeness (QED) is 0.768. The van der Waals surface area contributed by atoms with Crippen LogP contribution >= 0.6 is 0 Å². The van der Waals surface area contributed by atoms with Crippen molar-refractivity contribution < 1.29 is 8.42 Å². The van der Waals surface area contributed by atoms with Crippen LogP contribution in [0.1, 0.15) is 58.4 Å². The van der Waals surface area contributed by atoms with E-state index < -0.39 is 9.84 Å². The highest BCUT2D eigenvalue weighted by molar-refractivity contribution is 7.91. The zero-order chi connectivity index (χ0) is 16.3. The van der Waals surface area contributed by atoms with Gasteiger partial charge in [0, 0.05) is 6.26 Å². The first-order valence-corrected chi connectivity index (χ1v) is 9.93. The summed E-state index contributed by atoms with van der Waals surface area (Å²) in [4.78, 5) is 0. The van der Waals surface area contributed by atoms with Crippen LogP contribution in [0.25, 0.3) is 0 Å². The van der Waals surface area contributed by atoms with Crippen molar-refractivity contribution in [2.45, 2.75) is 65.0 Å². The van der Waals surface area contributed by atoms with Gasteiger partial charge in [0.15, 0.2) is 0 Å². The molecule has 1 aliphatic carbocycles. The lowest BCUT2D eigenvalue weighted by Gasteiger charge is -1.99. The molecule has 122 valence electrons. The van der Waals surface area contributed by atoms with Crippen molar-refractivity contribution in [3.05, 3.63) is 35.9 Å². The molecular weight excluding hydrogens is 280 g/mol. The number of hydrogen-bond acceptors (Lipinski definition) is 2. The fourth-order valence-corrected chi connectivity index (χ4v) is 1.95. The Bertz CT molecular complexity index is 443. The molecular formula is C18H32O2S. The second-order valence-corrected chi connectivity index (χ2v) is 8.69. The summed E-state index contributed by atoms with van der Waals surface area (Å²) < 4.78 is 20.7. The molecule has 1 saturated carbocycles. The first-order valence-electron chi connectivity index (χ1n) is 7.97. The zero-order valence-corrected chi connectivity index (χ0v) is 15.1. The number of benzene rings is 1. The molecule has 0 N–H and O–H groups in total. The molecule has 1 aromatic rings. The number of rotatable bonds is 2. The Morgan fingerprint density at radius 2 is 1.52 bits per heavy atom. The van der Waals surface area contributed by atoms with Crippen molar-refractivity contribution in [2.24, 2.45) is 5.92 Å². The maximum Gasteiger partial charge on any atom is 0.149 e. The fraction of sp³-hybridized carbons (Fsp3) is 0.667. The Morgan fingerprint density at radius 1 is 1.10 bits per heavy atom. The topological polar surface area (TPSA) is 34.1 Å². The molecule has 0 spiro atoms. The summed E-state index contributed by atoms with van der Waals surface area (Å²) in [6.45, 7) is 7.71. The second kappa shape index (κ2) is 10.8. The first-order chi connectivity index (χ1) is 9.77. The van der Waals surface area contributed by atoms with Crippen LogP contribution in [0.4, 0.5) is 0 Å². The third kappa shape index (κ3) is 11.5. The van der Waals surface area contributed by atoms with Crippen molar-refractivity contribution in [1.29, 1.82) is 0 Å². The molecule has 1 aliphatic rings. The van der Waals surface area contributed by atoms with Crippen LogP contribution in [0.15, 0.2) is 30.3 Å². The molecule has 1 aromatic carbocycles. The summed E-state index contributed by atoms with van der Waals surface area (Å²) in [5.41, 5.74) is 1.32. The molecule has 0 saturated heterocycles. The summed E-state index contributed by atoms with van der Waals surface area (Å²) in [5.74, 6) is 1.10. The second-order valence-electron chi connectivity index (χ2n) is 6.09. The van der Waals surface area contributed by atoms with E-state index in [-0.39, 0.29) is 5.25 Å². The van der Waals surface area contributed by atoms with E-state index in [1.165, 1.54) is 43.9 Å². The highest BCUT2D eigenvalue weighted by Gasteiger charge is 2.11. The van der Waals surface area contributed by atoms with Crippen LogP contribution in [0.2, 0.25) is 0 Å². The highest BCUT2D eigenvalue weighted by atomic mass is 32.2. The van der Waals surface area contributed by atoms with Gasteiger partial charge in [0.2, 0.25) is 0 Å². The summed E-state index contributed by atoms with van der Waals surface area (Å²) >= 11 is 0. The van der Waals surface area contributed by atoms with Crippen molar-refractivity contribution in [2.75, 3.05) is 6.26 Å². The van der Waals surface area contributed by atoms with E-state index in [0.29, 0.717) is 0 Å². The Labute approximate surface area is 131 Å². The smallest absolute Gasteiger partial charge is 0.149 e. The van der Waals surface area contributed by atoms with Gasteiger partial charge in [0.25, 0.3) is 0 Å². The van der Waals surface area contributed by atoms with Gasteiger partial charge in [-0.15, -0.1) is 0 Å². The highest BCUT2D eigenvalue weighted by Crippen LogP contribution is 2.26. The Balaban J connectivity index is 0.000000286. The maximum absolute atomic E-state index is 10.3. The summed E-state index contributed by atoms with van der Waals surface area (Å²) in [7, 11) is -2.74. The van der Waals surface area contributed by atoms with Gasteiger partial charge in [0.05, 0.1) is 5.25 Å². The van der Waals surface area contributed by atoms with Crippen LogP contribution in [0, 0.1) is 12.8 Å². The van der Waals surface area contributed by atoms with Gasteiger partial charge in [0.1, 0.15) is 9.84 Å². The molecule has 0 unspecified atom stereocenters. The lowest BCUT2D eigenvalue weighted by atomic mass is 10.1. The van der Waals surface area contributed by atoms with Crippen molar-refractivity contribution in [3.8, 4) is 0 Å². The van der Waals surface area contributed by atoms with E-state index in [1.807, 2.05) is 18.2 Å². The van der Waals surface area contributed by atoms with E-state index in [4.69, 9.17) is 0 Å². The van der Waals surface area contributed by atoms with Crippen molar-refractivity contribution in [3.63, 3.8) is 0 Å². The average molecular weight is 313 g/mol. The largest absolute Gasteiger partial charge is 0.229 e. The van der Waals surface area contributed by atoms with Gasteiger partial charge in [-0.2, -0.15) is 0 Å². The first kappa shape index (κ1) is 20.2. The summed E-state index contributed by atoms with van der Waals surface area (Å²) in [6, 6.07) is 10.3. The molecule has 0 bridgehead atoms. The fourth-order valence-electron chi connectivity index (χ4n) is 1.95. The third-order valence-electron chi connectivity index (χ3n) is 3.85. The van der Waals surface area contributed by atoms with Crippen LogP contribution in [-0.2, 0) is 9.84 Å². The Hall–Kier alpha value is -0.830. The molecule has 2 nitrogen and oxygen atoms in total.